The van der Waals surface area contributed by atoms with E-state index in [1.165, 1.54) is 0 Å². The number of hydrogen-bond acceptors (Lipinski definition) is 7. The average molecular weight is 434 g/mol. The van der Waals surface area contributed by atoms with Crippen molar-refractivity contribution in [3.05, 3.63) is 65.7 Å². The molecule has 162 valence electrons. The minimum absolute atomic E-state index is 0.114. The van der Waals surface area contributed by atoms with E-state index in [9.17, 15) is 9.90 Å². The molecule has 0 saturated carbocycles. The Morgan fingerprint density at radius 3 is 2.41 bits per heavy atom. The molecule has 0 radical (unpaired) electrons. The molecule has 5 rings (SSSR count). The van der Waals surface area contributed by atoms with Crippen molar-refractivity contribution < 1.29 is 38.3 Å². The number of rotatable bonds is 6. The lowest BCUT2D eigenvalue weighted by atomic mass is 10.1. The summed E-state index contributed by atoms with van der Waals surface area (Å²) in [6, 6.07) is 13.2. The van der Waals surface area contributed by atoms with Crippen LogP contribution in [0, 0.1) is 0 Å². The van der Waals surface area contributed by atoms with Crippen LogP contribution in [0.1, 0.15) is 22.8 Å². The summed E-state index contributed by atoms with van der Waals surface area (Å²) in [4.78, 5) is 12.1. The van der Waals surface area contributed by atoms with Gasteiger partial charge in [0.05, 0.1) is 5.56 Å². The zero-order valence-electron chi connectivity index (χ0n) is 17.0. The molecule has 0 atom stereocenters. The van der Waals surface area contributed by atoms with Gasteiger partial charge in [0.25, 0.3) is 0 Å². The third kappa shape index (κ3) is 3.51. The number of carboxylic acid groups (broad SMARTS) is 1. The molecule has 3 aromatic rings. The van der Waals surface area contributed by atoms with Gasteiger partial charge in [0.2, 0.25) is 13.6 Å². The highest BCUT2D eigenvalue weighted by atomic mass is 16.7. The van der Waals surface area contributed by atoms with Crippen molar-refractivity contribution >= 4 is 12.0 Å². The number of ether oxygens (including phenoxy) is 6. The first kappa shape index (κ1) is 19.6. The Kier molecular flexibility index (Phi) is 4.95. The fraction of sp³-hybridized carbons (Fsp3) is 0.125. The van der Waals surface area contributed by atoms with Gasteiger partial charge in [0.15, 0.2) is 23.0 Å². The molecule has 0 unspecified atom stereocenters. The van der Waals surface area contributed by atoms with Crippen LogP contribution in [0.5, 0.6) is 46.0 Å². The maximum atomic E-state index is 12.1. The molecule has 2 aliphatic rings. The number of fused-ring (bicyclic) bond motifs is 2. The largest absolute Gasteiger partial charge is 0.477 e. The van der Waals surface area contributed by atoms with E-state index in [1.807, 2.05) is 19.1 Å². The van der Waals surface area contributed by atoms with Crippen molar-refractivity contribution in [2.75, 3.05) is 13.6 Å². The SMILES string of the molecule is CC=Cc1c(Oc2cccc(Oc3ccc4c(c3)OCO4)c2C(=O)O)ccc2c1OCO2. The second-order valence-electron chi connectivity index (χ2n) is 6.86. The highest BCUT2D eigenvalue weighted by molar-refractivity contribution is 5.94. The summed E-state index contributed by atoms with van der Waals surface area (Å²) in [5, 5.41) is 9.92. The van der Waals surface area contributed by atoms with Gasteiger partial charge >= 0.3 is 5.97 Å². The lowest BCUT2D eigenvalue weighted by molar-refractivity contribution is 0.0691. The second kappa shape index (κ2) is 8.07. The predicted octanol–water partition coefficient (Wildman–Crippen LogP) is 5.46. The Labute approximate surface area is 183 Å². The van der Waals surface area contributed by atoms with E-state index in [0.717, 1.165) is 0 Å². The Morgan fingerprint density at radius 2 is 1.59 bits per heavy atom. The summed E-state index contributed by atoms with van der Waals surface area (Å²) in [5.74, 6) is 2.18. The molecular formula is C24H18O8. The molecule has 2 heterocycles. The maximum absolute atomic E-state index is 12.1. The molecule has 0 aromatic heterocycles. The minimum atomic E-state index is -1.19. The Balaban J connectivity index is 1.51. The quantitative estimate of drug-likeness (QED) is 0.547. The van der Waals surface area contributed by atoms with Gasteiger partial charge in [-0.25, -0.2) is 4.79 Å². The van der Waals surface area contributed by atoms with Crippen LogP contribution >= 0.6 is 0 Å². The summed E-state index contributed by atoms with van der Waals surface area (Å²) in [5.41, 5.74) is 0.537. The third-order valence-corrected chi connectivity index (χ3v) is 4.86. The Morgan fingerprint density at radius 1 is 0.875 bits per heavy atom. The van der Waals surface area contributed by atoms with E-state index in [4.69, 9.17) is 28.4 Å². The Bertz CT molecular complexity index is 1230. The van der Waals surface area contributed by atoms with Gasteiger partial charge in [-0.15, -0.1) is 0 Å². The van der Waals surface area contributed by atoms with E-state index in [1.54, 1.807) is 48.5 Å². The van der Waals surface area contributed by atoms with Gasteiger partial charge in [-0.3, -0.25) is 0 Å². The minimum Gasteiger partial charge on any atom is -0.477 e. The maximum Gasteiger partial charge on any atom is 0.343 e. The summed E-state index contributed by atoms with van der Waals surface area (Å²) in [6.07, 6.45) is 3.65. The number of benzene rings is 3. The standard InChI is InChI=1S/C24H18O8/c1-2-4-15-16(9-10-20-23(15)30-13-28-20)32-19-6-3-5-18(22(19)24(25)26)31-14-7-8-17-21(11-14)29-12-27-17/h2-11H,12-13H2,1H3,(H,25,26). The number of aromatic carboxylic acids is 1. The molecule has 32 heavy (non-hydrogen) atoms. The first-order valence-electron chi connectivity index (χ1n) is 9.81. The predicted molar refractivity (Wildman–Crippen MR) is 113 cm³/mol. The van der Waals surface area contributed by atoms with Crippen molar-refractivity contribution in [3.8, 4) is 46.0 Å². The van der Waals surface area contributed by atoms with Crippen molar-refractivity contribution in [1.82, 2.24) is 0 Å². The molecule has 8 heteroatoms. The molecule has 0 bridgehead atoms. The van der Waals surface area contributed by atoms with E-state index >= 15 is 0 Å². The van der Waals surface area contributed by atoms with Crippen LogP contribution in [0.15, 0.2) is 54.6 Å². The molecule has 2 aliphatic heterocycles. The monoisotopic (exact) mass is 434 g/mol. The number of allylic oxidation sites excluding steroid dienone is 1. The molecule has 0 spiro atoms. The molecule has 8 nitrogen and oxygen atoms in total. The smallest absolute Gasteiger partial charge is 0.343 e. The van der Waals surface area contributed by atoms with E-state index in [-0.39, 0.29) is 30.6 Å². The first-order chi connectivity index (χ1) is 15.6. The normalized spacial score (nSPS) is 13.4. The number of carbonyl (C=O) groups is 1. The topological polar surface area (TPSA) is 92.7 Å². The van der Waals surface area contributed by atoms with Gasteiger partial charge in [0.1, 0.15) is 28.6 Å². The van der Waals surface area contributed by atoms with Gasteiger partial charge in [-0.2, -0.15) is 0 Å². The van der Waals surface area contributed by atoms with E-state index < -0.39 is 5.97 Å². The summed E-state index contributed by atoms with van der Waals surface area (Å²) < 4.78 is 33.6. The summed E-state index contributed by atoms with van der Waals surface area (Å²) in [6.45, 7) is 2.11. The second-order valence-corrected chi connectivity index (χ2v) is 6.86. The zero-order valence-corrected chi connectivity index (χ0v) is 17.0. The van der Waals surface area contributed by atoms with Crippen LogP contribution in [0.25, 0.3) is 6.08 Å². The lowest BCUT2D eigenvalue weighted by Gasteiger charge is -2.15. The van der Waals surface area contributed by atoms with Gasteiger partial charge in [-0.05, 0) is 43.3 Å². The fourth-order valence-corrected chi connectivity index (χ4v) is 3.47. The summed E-state index contributed by atoms with van der Waals surface area (Å²) >= 11 is 0. The molecule has 0 saturated heterocycles. The molecule has 0 fully saturated rings. The molecule has 0 aliphatic carbocycles. The van der Waals surface area contributed by atoms with Gasteiger partial charge in [0, 0.05) is 6.07 Å². The average Bonchev–Trinajstić information content (AvgIpc) is 3.44. The molecular weight excluding hydrogens is 416 g/mol. The molecule has 1 N–H and O–H groups in total. The highest BCUT2D eigenvalue weighted by Crippen LogP contribution is 2.44. The van der Waals surface area contributed by atoms with Crippen LogP contribution in [0.4, 0.5) is 0 Å². The van der Waals surface area contributed by atoms with Crippen LogP contribution in [0.2, 0.25) is 0 Å². The highest BCUT2D eigenvalue weighted by Gasteiger charge is 2.24. The van der Waals surface area contributed by atoms with Crippen molar-refractivity contribution in [1.29, 1.82) is 0 Å². The Hall–Kier alpha value is -4.33. The lowest BCUT2D eigenvalue weighted by Crippen LogP contribution is -2.04. The van der Waals surface area contributed by atoms with Gasteiger partial charge in [-0.1, -0.05) is 18.2 Å². The van der Waals surface area contributed by atoms with E-state index in [2.05, 4.69) is 0 Å². The van der Waals surface area contributed by atoms with Crippen LogP contribution in [-0.4, -0.2) is 24.7 Å². The van der Waals surface area contributed by atoms with Crippen molar-refractivity contribution in [2.45, 2.75) is 6.92 Å². The van der Waals surface area contributed by atoms with Crippen molar-refractivity contribution in [2.24, 2.45) is 0 Å². The van der Waals surface area contributed by atoms with Crippen molar-refractivity contribution in [3.63, 3.8) is 0 Å². The zero-order chi connectivity index (χ0) is 22.1. The van der Waals surface area contributed by atoms with Gasteiger partial charge < -0.3 is 33.5 Å². The molecule has 0 amide bonds. The van der Waals surface area contributed by atoms with Crippen LogP contribution in [-0.2, 0) is 0 Å². The van der Waals surface area contributed by atoms with Crippen LogP contribution in [0.3, 0.4) is 0 Å². The third-order valence-electron chi connectivity index (χ3n) is 4.86. The van der Waals surface area contributed by atoms with Crippen LogP contribution < -0.4 is 28.4 Å². The first-order valence-corrected chi connectivity index (χ1v) is 9.81. The molecule has 3 aromatic carbocycles. The fourth-order valence-electron chi connectivity index (χ4n) is 3.47. The van der Waals surface area contributed by atoms with E-state index in [0.29, 0.717) is 40.1 Å². The number of carboxylic acids is 1. The summed E-state index contributed by atoms with van der Waals surface area (Å²) in [7, 11) is 0. The number of hydrogen-bond donors (Lipinski definition) is 1.